The van der Waals surface area contributed by atoms with Crippen molar-refractivity contribution in [3.8, 4) is 11.5 Å². The molecule has 158 valence electrons. The molecule has 8 nitrogen and oxygen atoms in total. The number of carbonyl (C=O) groups is 1. The molecule has 8 heteroatoms. The summed E-state index contributed by atoms with van der Waals surface area (Å²) >= 11 is 0. The summed E-state index contributed by atoms with van der Waals surface area (Å²) in [6, 6.07) is 8.25. The number of nitrogens with zero attached hydrogens (tertiary/aromatic N) is 6. The number of hydrogen-bond acceptors (Lipinski definition) is 6. The molecule has 1 aromatic carbocycles. The van der Waals surface area contributed by atoms with Crippen LogP contribution in [0.4, 0.5) is 0 Å². The van der Waals surface area contributed by atoms with Gasteiger partial charge in [0.1, 0.15) is 12.2 Å². The third-order valence-electron chi connectivity index (χ3n) is 5.61. The first kappa shape index (κ1) is 20.3. The van der Waals surface area contributed by atoms with Crippen molar-refractivity contribution in [2.45, 2.75) is 58.4 Å². The van der Waals surface area contributed by atoms with Crippen molar-refractivity contribution in [3.05, 3.63) is 47.9 Å². The molecular formula is C22H28N6O2. The van der Waals surface area contributed by atoms with Crippen molar-refractivity contribution < 1.29 is 9.21 Å². The van der Waals surface area contributed by atoms with Crippen LogP contribution in [0, 0.1) is 6.92 Å². The minimum Gasteiger partial charge on any atom is -0.421 e. The third kappa shape index (κ3) is 4.42. The van der Waals surface area contributed by atoms with Gasteiger partial charge in [0.25, 0.3) is 0 Å². The number of amides is 1. The van der Waals surface area contributed by atoms with E-state index in [-0.39, 0.29) is 11.8 Å². The van der Waals surface area contributed by atoms with Gasteiger partial charge in [-0.1, -0.05) is 17.7 Å². The molecule has 1 amide bonds. The molecule has 1 saturated heterocycles. The lowest BCUT2D eigenvalue weighted by Crippen LogP contribution is -2.40. The van der Waals surface area contributed by atoms with E-state index < -0.39 is 0 Å². The normalized spacial score (nSPS) is 16.9. The van der Waals surface area contributed by atoms with E-state index in [0.29, 0.717) is 37.2 Å². The number of hydrogen-bond donors (Lipinski definition) is 0. The Labute approximate surface area is 176 Å². The maximum absolute atomic E-state index is 12.8. The van der Waals surface area contributed by atoms with Crippen molar-refractivity contribution in [2.75, 3.05) is 13.1 Å². The van der Waals surface area contributed by atoms with Crippen LogP contribution >= 0.6 is 0 Å². The lowest BCUT2D eigenvalue weighted by atomic mass is 9.96. The number of rotatable bonds is 6. The molecule has 0 spiro atoms. The number of piperidine rings is 1. The molecule has 30 heavy (non-hydrogen) atoms. The molecule has 0 bridgehead atoms. The molecule has 4 rings (SSSR count). The van der Waals surface area contributed by atoms with Crippen LogP contribution in [0.25, 0.3) is 11.5 Å². The molecule has 1 atom stereocenters. The van der Waals surface area contributed by atoms with E-state index in [1.165, 1.54) is 5.56 Å². The van der Waals surface area contributed by atoms with Crippen molar-refractivity contribution in [2.24, 2.45) is 0 Å². The summed E-state index contributed by atoms with van der Waals surface area (Å²) in [6.07, 6.45) is 4.58. The van der Waals surface area contributed by atoms with Gasteiger partial charge in [-0.3, -0.25) is 4.79 Å². The standard InChI is InChI=1S/C22H28N6O2/c1-15(2)28-14-23-25-21(28)18-5-4-12-27(13-18)20(29)11-10-19-24-26-22(30-19)17-8-6-16(3)7-9-17/h6-9,14-15,18H,4-5,10-13H2,1-3H3. The Hall–Kier alpha value is -3.03. The summed E-state index contributed by atoms with van der Waals surface area (Å²) in [5, 5.41) is 16.6. The van der Waals surface area contributed by atoms with Crippen molar-refractivity contribution in [1.82, 2.24) is 29.9 Å². The van der Waals surface area contributed by atoms with Crippen LogP contribution in [0.1, 0.15) is 62.3 Å². The third-order valence-corrected chi connectivity index (χ3v) is 5.61. The fourth-order valence-electron chi connectivity index (χ4n) is 3.90. The van der Waals surface area contributed by atoms with Gasteiger partial charge in [0.15, 0.2) is 0 Å². The molecule has 0 aliphatic carbocycles. The van der Waals surface area contributed by atoms with E-state index in [1.54, 1.807) is 6.33 Å². The maximum Gasteiger partial charge on any atom is 0.247 e. The number of benzene rings is 1. The van der Waals surface area contributed by atoms with Crippen molar-refractivity contribution >= 4 is 5.91 Å². The van der Waals surface area contributed by atoms with Gasteiger partial charge in [-0.05, 0) is 45.7 Å². The summed E-state index contributed by atoms with van der Waals surface area (Å²) in [6.45, 7) is 7.74. The Morgan fingerprint density at radius 3 is 2.77 bits per heavy atom. The van der Waals surface area contributed by atoms with Crippen LogP contribution in [-0.4, -0.2) is 48.9 Å². The fourth-order valence-corrected chi connectivity index (χ4v) is 3.90. The van der Waals surface area contributed by atoms with Gasteiger partial charge in [-0.15, -0.1) is 20.4 Å². The largest absolute Gasteiger partial charge is 0.421 e. The molecule has 1 aliphatic heterocycles. The number of aryl methyl sites for hydroxylation is 2. The highest BCUT2D eigenvalue weighted by atomic mass is 16.4. The second-order valence-electron chi connectivity index (χ2n) is 8.24. The van der Waals surface area contributed by atoms with Crippen LogP contribution < -0.4 is 0 Å². The molecule has 1 fully saturated rings. The van der Waals surface area contributed by atoms with Crippen LogP contribution in [-0.2, 0) is 11.2 Å². The van der Waals surface area contributed by atoms with Gasteiger partial charge in [0.2, 0.25) is 17.7 Å². The first-order valence-electron chi connectivity index (χ1n) is 10.6. The molecule has 0 radical (unpaired) electrons. The Kier molecular flexibility index (Phi) is 5.92. The number of likely N-dealkylation sites (tertiary alicyclic amines) is 1. The molecule has 3 aromatic rings. The zero-order chi connectivity index (χ0) is 21.1. The average molecular weight is 409 g/mol. The van der Waals surface area contributed by atoms with Gasteiger partial charge in [0.05, 0.1) is 0 Å². The topological polar surface area (TPSA) is 89.9 Å². The second-order valence-corrected chi connectivity index (χ2v) is 8.24. The maximum atomic E-state index is 12.8. The van der Waals surface area contributed by atoms with E-state index in [0.717, 1.165) is 30.8 Å². The highest BCUT2D eigenvalue weighted by Gasteiger charge is 2.28. The molecule has 3 heterocycles. The molecule has 0 saturated carbocycles. The molecule has 1 aliphatic rings. The van der Waals surface area contributed by atoms with E-state index >= 15 is 0 Å². The average Bonchev–Trinajstić information content (AvgIpc) is 3.42. The summed E-state index contributed by atoms with van der Waals surface area (Å²) in [4.78, 5) is 14.7. The molecule has 0 N–H and O–H groups in total. The van der Waals surface area contributed by atoms with E-state index in [9.17, 15) is 4.79 Å². The summed E-state index contributed by atoms with van der Waals surface area (Å²) in [5.41, 5.74) is 2.06. The second kappa shape index (κ2) is 8.77. The lowest BCUT2D eigenvalue weighted by Gasteiger charge is -2.32. The van der Waals surface area contributed by atoms with Crippen LogP contribution in [0.2, 0.25) is 0 Å². The predicted molar refractivity (Wildman–Crippen MR) is 112 cm³/mol. The first-order chi connectivity index (χ1) is 14.5. The number of aromatic nitrogens is 5. The van der Waals surface area contributed by atoms with E-state index in [4.69, 9.17) is 4.42 Å². The van der Waals surface area contributed by atoms with Crippen LogP contribution in [0.5, 0.6) is 0 Å². The number of carbonyl (C=O) groups excluding carboxylic acids is 1. The van der Waals surface area contributed by atoms with E-state index in [2.05, 4.69) is 38.8 Å². The zero-order valence-corrected chi connectivity index (χ0v) is 17.8. The zero-order valence-electron chi connectivity index (χ0n) is 17.8. The molecule has 2 aromatic heterocycles. The minimum absolute atomic E-state index is 0.116. The van der Waals surface area contributed by atoms with Gasteiger partial charge < -0.3 is 13.9 Å². The van der Waals surface area contributed by atoms with Crippen molar-refractivity contribution in [1.29, 1.82) is 0 Å². The molecular weight excluding hydrogens is 380 g/mol. The smallest absolute Gasteiger partial charge is 0.247 e. The Morgan fingerprint density at radius 2 is 2.00 bits per heavy atom. The van der Waals surface area contributed by atoms with Gasteiger partial charge in [0, 0.05) is 43.5 Å². The van der Waals surface area contributed by atoms with Gasteiger partial charge in [-0.25, -0.2) is 0 Å². The van der Waals surface area contributed by atoms with Crippen LogP contribution in [0.3, 0.4) is 0 Å². The monoisotopic (exact) mass is 408 g/mol. The minimum atomic E-state index is 0.116. The summed E-state index contributed by atoms with van der Waals surface area (Å²) in [5.74, 6) is 2.30. The highest BCUT2D eigenvalue weighted by Crippen LogP contribution is 2.27. The summed E-state index contributed by atoms with van der Waals surface area (Å²) < 4.78 is 7.86. The van der Waals surface area contributed by atoms with Crippen molar-refractivity contribution in [3.63, 3.8) is 0 Å². The van der Waals surface area contributed by atoms with E-state index in [1.807, 2.05) is 36.1 Å². The Balaban J connectivity index is 1.35. The Morgan fingerprint density at radius 1 is 1.20 bits per heavy atom. The SMILES string of the molecule is Cc1ccc(-c2nnc(CCC(=O)N3CCCC(c4nncn4C(C)C)C3)o2)cc1. The fraction of sp³-hybridized carbons (Fsp3) is 0.500. The van der Waals surface area contributed by atoms with Gasteiger partial charge in [-0.2, -0.15) is 0 Å². The molecule has 1 unspecified atom stereocenters. The predicted octanol–water partition coefficient (Wildman–Crippen LogP) is 3.56. The van der Waals surface area contributed by atoms with Crippen LogP contribution in [0.15, 0.2) is 35.0 Å². The lowest BCUT2D eigenvalue weighted by molar-refractivity contribution is -0.132. The van der Waals surface area contributed by atoms with Gasteiger partial charge >= 0.3 is 0 Å². The Bertz CT molecular complexity index is 991. The summed E-state index contributed by atoms with van der Waals surface area (Å²) in [7, 11) is 0. The quantitative estimate of drug-likeness (QED) is 0.619. The first-order valence-corrected chi connectivity index (χ1v) is 10.6. The highest BCUT2D eigenvalue weighted by molar-refractivity contribution is 5.76.